The van der Waals surface area contributed by atoms with Gasteiger partial charge in [0.2, 0.25) is 5.91 Å². The molecule has 0 spiro atoms. The molecule has 0 saturated heterocycles. The Hall–Kier alpha value is -1.35. The molecule has 0 bridgehead atoms. The Kier molecular flexibility index (Phi) is 4.59. The molecular weight excluding hydrogens is 236 g/mol. The van der Waals surface area contributed by atoms with Gasteiger partial charge in [-0.1, -0.05) is 49.1 Å². The number of hydrogen-bond donors (Lipinski definition) is 2. The molecule has 0 heterocycles. The average molecular weight is 260 g/mol. The van der Waals surface area contributed by atoms with Gasteiger partial charge in [0.15, 0.2) is 0 Å². The predicted octanol–water partition coefficient (Wildman–Crippen LogP) is 2.32. The lowest BCUT2D eigenvalue weighted by atomic mass is 9.82. The average Bonchev–Trinajstić information content (AvgIpc) is 2.40. The maximum atomic E-state index is 11.9. The van der Waals surface area contributed by atoms with Crippen molar-refractivity contribution in [3.05, 3.63) is 35.4 Å². The molecule has 1 aliphatic carbocycles. The Morgan fingerprint density at radius 3 is 2.47 bits per heavy atom. The van der Waals surface area contributed by atoms with Crippen LogP contribution >= 0.6 is 0 Å². The van der Waals surface area contributed by atoms with Crippen LogP contribution in [0.4, 0.5) is 0 Å². The molecule has 0 aromatic heterocycles. The summed E-state index contributed by atoms with van der Waals surface area (Å²) >= 11 is 0. The van der Waals surface area contributed by atoms with Crippen LogP contribution in [0.3, 0.4) is 0 Å². The van der Waals surface area contributed by atoms with Crippen LogP contribution in [0.15, 0.2) is 24.3 Å². The summed E-state index contributed by atoms with van der Waals surface area (Å²) in [6, 6.07) is 8.09. The highest BCUT2D eigenvalue weighted by atomic mass is 16.1. The van der Waals surface area contributed by atoms with Crippen molar-refractivity contribution in [3.63, 3.8) is 0 Å². The van der Waals surface area contributed by atoms with Crippen molar-refractivity contribution in [2.75, 3.05) is 6.54 Å². The van der Waals surface area contributed by atoms with E-state index < -0.39 is 0 Å². The third kappa shape index (κ3) is 4.35. The van der Waals surface area contributed by atoms with Gasteiger partial charge in [-0.25, -0.2) is 0 Å². The van der Waals surface area contributed by atoms with Gasteiger partial charge in [-0.2, -0.15) is 0 Å². The number of carbonyl (C=O) groups is 1. The molecule has 104 valence electrons. The van der Waals surface area contributed by atoms with Crippen molar-refractivity contribution in [1.29, 1.82) is 0 Å². The summed E-state index contributed by atoms with van der Waals surface area (Å²) in [7, 11) is 0. The van der Waals surface area contributed by atoms with Gasteiger partial charge in [-0.3, -0.25) is 4.79 Å². The number of nitrogens with one attached hydrogen (secondary N) is 1. The zero-order valence-corrected chi connectivity index (χ0v) is 11.7. The fourth-order valence-corrected chi connectivity index (χ4v) is 2.66. The molecule has 1 saturated carbocycles. The molecule has 0 atom stereocenters. The second kappa shape index (κ2) is 6.20. The number of aryl methyl sites for hydroxylation is 1. The highest BCUT2D eigenvalue weighted by molar-refractivity contribution is 5.78. The standard InChI is InChI=1S/C16H24N2O/c1-13-5-7-14(8-6-13)11-15(19)18-12-16(17)9-3-2-4-10-16/h5-8H,2-4,9-12,17H2,1H3,(H,18,19). The predicted molar refractivity (Wildman–Crippen MR) is 77.9 cm³/mol. The second-order valence-electron chi connectivity index (χ2n) is 5.86. The van der Waals surface area contributed by atoms with Gasteiger partial charge in [-0.15, -0.1) is 0 Å². The van der Waals surface area contributed by atoms with E-state index >= 15 is 0 Å². The van der Waals surface area contributed by atoms with E-state index in [1.54, 1.807) is 0 Å². The van der Waals surface area contributed by atoms with Gasteiger partial charge in [0, 0.05) is 12.1 Å². The van der Waals surface area contributed by atoms with Crippen molar-refractivity contribution in [1.82, 2.24) is 5.32 Å². The Balaban J connectivity index is 1.79. The summed E-state index contributed by atoms with van der Waals surface area (Å²) in [6.07, 6.45) is 6.14. The minimum absolute atomic E-state index is 0.0688. The molecule has 1 aromatic rings. The SMILES string of the molecule is Cc1ccc(CC(=O)NCC2(N)CCCCC2)cc1. The summed E-state index contributed by atoms with van der Waals surface area (Å²) < 4.78 is 0. The van der Waals surface area contributed by atoms with Crippen LogP contribution in [-0.4, -0.2) is 18.0 Å². The lowest BCUT2D eigenvalue weighted by molar-refractivity contribution is -0.120. The summed E-state index contributed by atoms with van der Waals surface area (Å²) in [6.45, 7) is 2.66. The lowest BCUT2D eigenvalue weighted by Gasteiger charge is -2.33. The largest absolute Gasteiger partial charge is 0.354 e. The maximum absolute atomic E-state index is 11.9. The smallest absolute Gasteiger partial charge is 0.224 e. The molecular formula is C16H24N2O. The van der Waals surface area contributed by atoms with Gasteiger partial charge in [0.05, 0.1) is 6.42 Å². The van der Waals surface area contributed by atoms with Crippen molar-refractivity contribution in [2.24, 2.45) is 5.73 Å². The summed E-state index contributed by atoms with van der Waals surface area (Å²) in [5, 5.41) is 2.99. The monoisotopic (exact) mass is 260 g/mol. The third-order valence-corrected chi connectivity index (χ3v) is 3.97. The molecule has 3 heteroatoms. The first kappa shape index (κ1) is 14.1. The molecule has 2 rings (SSSR count). The Labute approximate surface area is 115 Å². The van der Waals surface area contributed by atoms with Crippen molar-refractivity contribution in [3.8, 4) is 0 Å². The number of nitrogens with two attached hydrogens (primary N) is 1. The molecule has 0 aliphatic heterocycles. The van der Waals surface area contributed by atoms with Gasteiger partial charge >= 0.3 is 0 Å². The van der Waals surface area contributed by atoms with Crippen LogP contribution in [0.5, 0.6) is 0 Å². The van der Waals surface area contributed by atoms with Gasteiger partial charge in [-0.05, 0) is 25.3 Å². The highest BCUT2D eigenvalue weighted by Gasteiger charge is 2.27. The van der Waals surface area contributed by atoms with Crippen LogP contribution in [0.1, 0.15) is 43.2 Å². The van der Waals surface area contributed by atoms with E-state index in [9.17, 15) is 4.79 Å². The van der Waals surface area contributed by atoms with E-state index in [1.165, 1.54) is 24.8 Å². The Morgan fingerprint density at radius 1 is 1.21 bits per heavy atom. The molecule has 0 unspecified atom stereocenters. The molecule has 0 radical (unpaired) electrons. The fraction of sp³-hybridized carbons (Fsp3) is 0.562. The third-order valence-electron chi connectivity index (χ3n) is 3.97. The van der Waals surface area contributed by atoms with E-state index in [1.807, 2.05) is 31.2 Å². The Morgan fingerprint density at radius 2 is 1.84 bits per heavy atom. The first-order chi connectivity index (χ1) is 9.07. The molecule has 1 amide bonds. The van der Waals surface area contributed by atoms with E-state index in [0.717, 1.165) is 18.4 Å². The van der Waals surface area contributed by atoms with Crippen LogP contribution in [-0.2, 0) is 11.2 Å². The van der Waals surface area contributed by atoms with E-state index in [-0.39, 0.29) is 11.4 Å². The number of amides is 1. The van der Waals surface area contributed by atoms with Gasteiger partial charge in [0.1, 0.15) is 0 Å². The first-order valence-electron chi connectivity index (χ1n) is 7.19. The van der Waals surface area contributed by atoms with Gasteiger partial charge < -0.3 is 11.1 Å². The molecule has 3 nitrogen and oxygen atoms in total. The van der Waals surface area contributed by atoms with Gasteiger partial charge in [0.25, 0.3) is 0 Å². The molecule has 3 N–H and O–H groups in total. The minimum atomic E-state index is -0.179. The summed E-state index contributed by atoms with van der Waals surface area (Å²) in [4.78, 5) is 11.9. The number of rotatable bonds is 4. The quantitative estimate of drug-likeness (QED) is 0.873. The van der Waals surface area contributed by atoms with Crippen LogP contribution in [0.25, 0.3) is 0 Å². The Bertz CT molecular complexity index is 419. The number of benzene rings is 1. The minimum Gasteiger partial charge on any atom is -0.354 e. The lowest BCUT2D eigenvalue weighted by Crippen LogP contribution is -2.51. The van der Waals surface area contributed by atoms with Crippen LogP contribution < -0.4 is 11.1 Å². The zero-order valence-electron chi connectivity index (χ0n) is 11.7. The van der Waals surface area contributed by atoms with Crippen LogP contribution in [0, 0.1) is 6.92 Å². The normalized spacial score (nSPS) is 18.0. The van der Waals surface area contributed by atoms with Crippen molar-refractivity contribution in [2.45, 2.75) is 51.0 Å². The molecule has 1 aliphatic rings. The topological polar surface area (TPSA) is 55.1 Å². The second-order valence-corrected chi connectivity index (χ2v) is 5.86. The summed E-state index contributed by atoms with van der Waals surface area (Å²) in [5.74, 6) is 0.0688. The maximum Gasteiger partial charge on any atom is 0.224 e. The highest BCUT2D eigenvalue weighted by Crippen LogP contribution is 2.25. The fourth-order valence-electron chi connectivity index (χ4n) is 2.66. The van der Waals surface area contributed by atoms with Crippen molar-refractivity contribution < 1.29 is 4.79 Å². The number of hydrogen-bond acceptors (Lipinski definition) is 2. The molecule has 1 fully saturated rings. The summed E-state index contributed by atoms with van der Waals surface area (Å²) in [5.41, 5.74) is 8.40. The van der Waals surface area contributed by atoms with E-state index in [4.69, 9.17) is 5.73 Å². The number of carbonyl (C=O) groups excluding carboxylic acids is 1. The molecule has 1 aromatic carbocycles. The van der Waals surface area contributed by atoms with Crippen LogP contribution in [0.2, 0.25) is 0 Å². The van der Waals surface area contributed by atoms with E-state index in [0.29, 0.717) is 13.0 Å². The van der Waals surface area contributed by atoms with E-state index in [2.05, 4.69) is 5.32 Å². The van der Waals surface area contributed by atoms with Crippen molar-refractivity contribution >= 4 is 5.91 Å². The molecule has 19 heavy (non-hydrogen) atoms. The first-order valence-corrected chi connectivity index (χ1v) is 7.19. The zero-order chi connectivity index (χ0) is 13.7.